The van der Waals surface area contributed by atoms with Crippen LogP contribution in [0.25, 0.3) is 0 Å². The van der Waals surface area contributed by atoms with E-state index in [4.69, 9.17) is 18.7 Å². The molecule has 9 nitrogen and oxygen atoms in total. The monoisotopic (exact) mass is 391 g/mol. The number of ether oxygens (including phenoxy) is 3. The van der Waals surface area contributed by atoms with Gasteiger partial charge in [0.25, 0.3) is 0 Å². The van der Waals surface area contributed by atoms with Crippen LogP contribution in [0.2, 0.25) is 0 Å². The average Bonchev–Trinajstić information content (AvgIpc) is 3.09. The fourth-order valence-corrected chi connectivity index (χ4v) is 2.63. The van der Waals surface area contributed by atoms with Gasteiger partial charge in [-0.05, 0) is 31.0 Å². The second-order valence-electron chi connectivity index (χ2n) is 6.15. The van der Waals surface area contributed by atoms with Crippen LogP contribution in [0.15, 0.2) is 22.7 Å². The van der Waals surface area contributed by atoms with E-state index in [1.807, 2.05) is 0 Å². The van der Waals surface area contributed by atoms with Crippen LogP contribution in [0.5, 0.6) is 17.2 Å². The van der Waals surface area contributed by atoms with Gasteiger partial charge in [0.15, 0.2) is 17.3 Å². The Morgan fingerprint density at radius 1 is 1.11 bits per heavy atom. The van der Waals surface area contributed by atoms with Gasteiger partial charge in [0.1, 0.15) is 5.76 Å². The number of hydrogen-bond donors (Lipinski definition) is 1. The van der Waals surface area contributed by atoms with Gasteiger partial charge in [-0.15, -0.1) is 0 Å². The summed E-state index contributed by atoms with van der Waals surface area (Å²) in [5, 5.41) is 6.27. The minimum Gasteiger partial charge on any atom is -0.493 e. The molecule has 0 spiro atoms. The lowest BCUT2D eigenvalue weighted by Gasteiger charge is -2.17. The Kier molecular flexibility index (Phi) is 7.25. The molecule has 1 aromatic carbocycles. The molecule has 0 radical (unpaired) electrons. The van der Waals surface area contributed by atoms with Gasteiger partial charge in [0, 0.05) is 19.5 Å². The SMILES string of the molecule is COc1cc(CCC(=O)N(C)CC(=O)Nc2cc(C)on2)cc(OC)c1OC. The van der Waals surface area contributed by atoms with Crippen LogP contribution in [-0.4, -0.2) is 56.8 Å². The van der Waals surface area contributed by atoms with Crippen molar-refractivity contribution in [2.24, 2.45) is 0 Å². The molecule has 0 aliphatic heterocycles. The number of benzene rings is 1. The summed E-state index contributed by atoms with van der Waals surface area (Å²) in [6.45, 7) is 1.64. The van der Waals surface area contributed by atoms with Crippen molar-refractivity contribution in [1.82, 2.24) is 10.1 Å². The van der Waals surface area contributed by atoms with E-state index in [1.54, 1.807) is 32.2 Å². The van der Waals surface area contributed by atoms with Crippen molar-refractivity contribution >= 4 is 17.6 Å². The van der Waals surface area contributed by atoms with E-state index in [2.05, 4.69) is 10.5 Å². The highest BCUT2D eigenvalue weighted by molar-refractivity contribution is 5.93. The molecule has 1 aromatic heterocycles. The number of hydrogen-bond acceptors (Lipinski definition) is 7. The molecule has 28 heavy (non-hydrogen) atoms. The summed E-state index contributed by atoms with van der Waals surface area (Å²) in [6, 6.07) is 5.20. The zero-order valence-corrected chi connectivity index (χ0v) is 16.7. The van der Waals surface area contributed by atoms with Crippen LogP contribution in [0.4, 0.5) is 5.82 Å². The van der Waals surface area contributed by atoms with Gasteiger partial charge in [-0.2, -0.15) is 0 Å². The Balaban J connectivity index is 1.92. The number of nitrogens with one attached hydrogen (secondary N) is 1. The average molecular weight is 391 g/mol. The number of amides is 2. The normalized spacial score (nSPS) is 10.3. The van der Waals surface area contributed by atoms with Crippen molar-refractivity contribution in [2.75, 3.05) is 40.2 Å². The predicted octanol–water partition coefficient (Wildman–Crippen LogP) is 2.04. The number of aromatic nitrogens is 1. The largest absolute Gasteiger partial charge is 0.493 e. The highest BCUT2D eigenvalue weighted by atomic mass is 16.5. The molecule has 9 heteroatoms. The van der Waals surface area contributed by atoms with Crippen molar-refractivity contribution < 1.29 is 28.3 Å². The third-order valence-corrected chi connectivity index (χ3v) is 4.05. The molecular formula is C19H25N3O6. The topological polar surface area (TPSA) is 103 Å². The quantitative estimate of drug-likeness (QED) is 0.698. The van der Waals surface area contributed by atoms with Crippen molar-refractivity contribution in [1.29, 1.82) is 0 Å². The first-order chi connectivity index (χ1) is 13.4. The summed E-state index contributed by atoms with van der Waals surface area (Å²) >= 11 is 0. The molecule has 0 aliphatic rings. The summed E-state index contributed by atoms with van der Waals surface area (Å²) in [5.74, 6) is 1.94. The number of anilines is 1. The van der Waals surface area contributed by atoms with E-state index in [0.29, 0.717) is 35.2 Å². The standard InChI is InChI=1S/C19H25N3O6/c1-12-8-16(21-28-12)20-17(23)11-22(2)18(24)7-6-13-9-14(25-3)19(27-5)15(10-13)26-4/h8-10H,6-7,11H2,1-5H3,(H,20,21,23). The van der Waals surface area contributed by atoms with E-state index < -0.39 is 0 Å². The van der Waals surface area contributed by atoms with Crippen molar-refractivity contribution in [3.05, 3.63) is 29.5 Å². The fourth-order valence-electron chi connectivity index (χ4n) is 2.63. The molecule has 0 aliphatic carbocycles. The van der Waals surface area contributed by atoms with Crippen LogP contribution < -0.4 is 19.5 Å². The molecule has 0 bridgehead atoms. The minimum atomic E-state index is -0.350. The Morgan fingerprint density at radius 2 is 1.75 bits per heavy atom. The molecule has 0 atom stereocenters. The number of rotatable bonds is 9. The van der Waals surface area contributed by atoms with E-state index in [-0.39, 0.29) is 24.8 Å². The maximum atomic E-state index is 12.4. The van der Waals surface area contributed by atoms with E-state index >= 15 is 0 Å². The highest BCUT2D eigenvalue weighted by Gasteiger charge is 2.17. The van der Waals surface area contributed by atoms with Gasteiger partial charge in [0.05, 0.1) is 27.9 Å². The van der Waals surface area contributed by atoms with Crippen LogP contribution in [0.3, 0.4) is 0 Å². The summed E-state index contributed by atoms with van der Waals surface area (Å²) < 4.78 is 20.8. The molecule has 0 saturated carbocycles. The van der Waals surface area contributed by atoms with Gasteiger partial charge < -0.3 is 29.0 Å². The maximum Gasteiger partial charge on any atom is 0.245 e. The Bertz CT molecular complexity index is 808. The van der Waals surface area contributed by atoms with Gasteiger partial charge in [-0.25, -0.2) is 0 Å². The first-order valence-corrected chi connectivity index (χ1v) is 8.64. The van der Waals surface area contributed by atoms with Gasteiger partial charge in [-0.3, -0.25) is 9.59 Å². The predicted molar refractivity (Wildman–Crippen MR) is 102 cm³/mol. The number of carbonyl (C=O) groups excluding carboxylic acids is 2. The molecule has 2 amide bonds. The second kappa shape index (κ2) is 9.63. The molecule has 2 aromatic rings. The summed E-state index contributed by atoms with van der Waals surface area (Å²) in [5.41, 5.74) is 0.860. The van der Waals surface area contributed by atoms with Crippen LogP contribution in [-0.2, 0) is 16.0 Å². The van der Waals surface area contributed by atoms with Gasteiger partial charge in [-0.1, -0.05) is 5.16 Å². The number of likely N-dealkylation sites (N-methyl/N-ethyl adjacent to an activating group) is 1. The molecule has 1 N–H and O–H groups in total. The molecule has 152 valence electrons. The molecular weight excluding hydrogens is 366 g/mol. The fraction of sp³-hybridized carbons (Fsp3) is 0.421. The van der Waals surface area contributed by atoms with Gasteiger partial charge in [0.2, 0.25) is 17.6 Å². The lowest BCUT2D eigenvalue weighted by Crippen LogP contribution is -2.35. The molecule has 0 saturated heterocycles. The van der Waals surface area contributed by atoms with E-state index in [1.165, 1.54) is 26.2 Å². The number of methoxy groups -OCH3 is 3. The first kappa shape index (κ1) is 21.1. The highest BCUT2D eigenvalue weighted by Crippen LogP contribution is 2.38. The zero-order valence-electron chi connectivity index (χ0n) is 16.7. The lowest BCUT2D eigenvalue weighted by atomic mass is 10.1. The van der Waals surface area contributed by atoms with Crippen molar-refractivity contribution in [3.63, 3.8) is 0 Å². The Labute approximate surface area is 163 Å². The summed E-state index contributed by atoms with van der Waals surface area (Å²) in [6.07, 6.45) is 0.690. The molecule has 1 heterocycles. The van der Waals surface area contributed by atoms with Crippen LogP contribution in [0.1, 0.15) is 17.7 Å². The molecule has 0 fully saturated rings. The zero-order chi connectivity index (χ0) is 20.7. The number of aryl methyl sites for hydroxylation is 2. The van der Waals surface area contributed by atoms with E-state index in [0.717, 1.165) is 5.56 Å². The maximum absolute atomic E-state index is 12.4. The third-order valence-electron chi connectivity index (χ3n) is 4.05. The van der Waals surface area contributed by atoms with Gasteiger partial charge >= 0.3 is 0 Å². The van der Waals surface area contributed by atoms with Crippen LogP contribution >= 0.6 is 0 Å². The van der Waals surface area contributed by atoms with Crippen molar-refractivity contribution in [2.45, 2.75) is 19.8 Å². The third kappa shape index (κ3) is 5.38. The van der Waals surface area contributed by atoms with Crippen molar-refractivity contribution in [3.8, 4) is 17.2 Å². The Morgan fingerprint density at radius 3 is 2.25 bits per heavy atom. The minimum absolute atomic E-state index is 0.0833. The smallest absolute Gasteiger partial charge is 0.245 e. The number of carbonyl (C=O) groups is 2. The molecule has 2 rings (SSSR count). The lowest BCUT2D eigenvalue weighted by molar-refractivity contribution is -0.133. The Hall–Kier alpha value is -3.23. The second-order valence-corrected chi connectivity index (χ2v) is 6.15. The van der Waals surface area contributed by atoms with E-state index in [9.17, 15) is 9.59 Å². The number of nitrogens with zero attached hydrogens (tertiary/aromatic N) is 2. The summed E-state index contributed by atoms with van der Waals surface area (Å²) in [7, 11) is 6.18. The van der Waals surface area contributed by atoms with Crippen LogP contribution in [0, 0.1) is 6.92 Å². The first-order valence-electron chi connectivity index (χ1n) is 8.64. The molecule has 0 unspecified atom stereocenters. The summed E-state index contributed by atoms with van der Waals surface area (Å²) in [4.78, 5) is 25.7.